The van der Waals surface area contributed by atoms with Gasteiger partial charge in [-0.1, -0.05) is 6.07 Å². The zero-order valence-electron chi connectivity index (χ0n) is 11.6. The van der Waals surface area contributed by atoms with Crippen molar-refractivity contribution in [2.75, 3.05) is 18.0 Å². The molecule has 22 heavy (non-hydrogen) atoms. The van der Waals surface area contributed by atoms with Crippen molar-refractivity contribution in [1.29, 1.82) is 0 Å². The first-order valence-corrected chi connectivity index (χ1v) is 6.69. The van der Waals surface area contributed by atoms with Gasteiger partial charge in [0, 0.05) is 25.2 Å². The van der Waals surface area contributed by atoms with Crippen LogP contribution in [0.3, 0.4) is 0 Å². The van der Waals surface area contributed by atoms with Gasteiger partial charge in [-0.05, 0) is 25.0 Å². The summed E-state index contributed by atoms with van der Waals surface area (Å²) < 4.78 is 0. The molecule has 8 heteroatoms. The number of fused-ring (bicyclic) bond motifs is 1. The molecular weight excluding hydrogens is 310 g/mol. The minimum atomic E-state index is -0.500. The van der Waals surface area contributed by atoms with E-state index in [9.17, 15) is 20.2 Å². The molecule has 7 nitrogen and oxygen atoms in total. The third-order valence-electron chi connectivity index (χ3n) is 3.81. The second-order valence-corrected chi connectivity index (χ2v) is 5.01. The summed E-state index contributed by atoms with van der Waals surface area (Å²) in [5.41, 5.74) is 0.523. The second-order valence-electron chi connectivity index (χ2n) is 5.01. The Morgan fingerprint density at radius 2 is 1.55 bits per heavy atom. The zero-order chi connectivity index (χ0) is 15.0. The Balaban J connectivity index is 0.00000176. The lowest BCUT2D eigenvalue weighted by atomic mass is 10.0. The van der Waals surface area contributed by atoms with Crippen molar-refractivity contribution in [1.82, 2.24) is 0 Å². The summed E-state index contributed by atoms with van der Waals surface area (Å²) in [6, 6.07) is 7.51. The quantitative estimate of drug-likeness (QED) is 0.635. The van der Waals surface area contributed by atoms with Gasteiger partial charge in [-0.2, -0.15) is 0 Å². The predicted molar refractivity (Wildman–Crippen MR) is 86.0 cm³/mol. The van der Waals surface area contributed by atoms with Crippen LogP contribution in [-0.2, 0) is 0 Å². The van der Waals surface area contributed by atoms with E-state index < -0.39 is 9.85 Å². The summed E-state index contributed by atoms with van der Waals surface area (Å²) in [5, 5.41) is 23.1. The summed E-state index contributed by atoms with van der Waals surface area (Å²) >= 11 is 0. The zero-order valence-corrected chi connectivity index (χ0v) is 12.4. The third-order valence-corrected chi connectivity index (χ3v) is 3.81. The number of nitrogens with zero attached hydrogens (tertiary/aromatic N) is 3. The molecule has 0 radical (unpaired) electrons. The number of halogens is 1. The molecule has 1 aliphatic rings. The Bertz CT molecular complexity index is 744. The van der Waals surface area contributed by atoms with Gasteiger partial charge in [-0.3, -0.25) is 20.2 Å². The van der Waals surface area contributed by atoms with Crippen LogP contribution in [0.25, 0.3) is 10.8 Å². The Hall–Kier alpha value is -2.41. The summed E-state index contributed by atoms with van der Waals surface area (Å²) in [4.78, 5) is 23.5. The highest BCUT2D eigenvalue weighted by Crippen LogP contribution is 2.40. The van der Waals surface area contributed by atoms with Crippen molar-refractivity contribution < 1.29 is 9.85 Å². The SMILES string of the molecule is Cl.O=[N+]([O-])c1ccc(N2CCCC2)c2c([N+](=O)[O-])cccc12. The Labute approximate surface area is 132 Å². The topological polar surface area (TPSA) is 89.5 Å². The van der Waals surface area contributed by atoms with Gasteiger partial charge in [-0.25, -0.2) is 0 Å². The fraction of sp³-hybridized carbons (Fsp3) is 0.286. The van der Waals surface area contributed by atoms with Crippen LogP contribution in [0.2, 0.25) is 0 Å². The average molecular weight is 324 g/mol. The first-order chi connectivity index (χ1) is 10.1. The molecular formula is C14H14ClN3O4. The first-order valence-electron chi connectivity index (χ1n) is 6.69. The van der Waals surface area contributed by atoms with Crippen molar-refractivity contribution in [3.05, 3.63) is 50.6 Å². The highest BCUT2D eigenvalue weighted by Gasteiger charge is 2.25. The van der Waals surface area contributed by atoms with E-state index in [0.717, 1.165) is 25.9 Å². The molecule has 0 N–H and O–H groups in total. The van der Waals surface area contributed by atoms with Crippen LogP contribution in [0, 0.1) is 20.2 Å². The molecule has 1 aliphatic heterocycles. The fourth-order valence-corrected chi connectivity index (χ4v) is 2.89. The molecule has 0 bridgehead atoms. The molecule has 0 amide bonds. The Morgan fingerprint density at radius 3 is 2.14 bits per heavy atom. The Morgan fingerprint density at radius 1 is 0.909 bits per heavy atom. The fourth-order valence-electron chi connectivity index (χ4n) is 2.89. The standard InChI is InChI=1S/C14H13N3O4.ClH/c18-16(19)11-6-7-12(15-8-1-2-9-15)14-10(11)4-3-5-13(14)17(20)21;/h3-7H,1-2,8-9H2;1H. The molecule has 0 aliphatic carbocycles. The minimum Gasteiger partial charge on any atom is -0.371 e. The molecule has 116 valence electrons. The second kappa shape index (κ2) is 6.15. The van der Waals surface area contributed by atoms with Gasteiger partial charge < -0.3 is 4.90 Å². The lowest BCUT2D eigenvalue weighted by Crippen LogP contribution is -2.18. The van der Waals surface area contributed by atoms with Gasteiger partial charge >= 0.3 is 0 Å². The van der Waals surface area contributed by atoms with Gasteiger partial charge in [0.1, 0.15) is 0 Å². The van der Waals surface area contributed by atoms with Crippen LogP contribution in [-0.4, -0.2) is 22.9 Å². The van der Waals surface area contributed by atoms with Gasteiger partial charge in [0.25, 0.3) is 11.4 Å². The van der Waals surface area contributed by atoms with Crippen molar-refractivity contribution >= 4 is 40.2 Å². The first kappa shape index (κ1) is 16.0. The normalized spacial score (nSPS) is 13.9. The average Bonchev–Trinajstić information content (AvgIpc) is 2.99. The Kier molecular flexibility index (Phi) is 4.46. The number of anilines is 1. The van der Waals surface area contributed by atoms with Gasteiger partial charge in [0.05, 0.1) is 26.3 Å². The van der Waals surface area contributed by atoms with E-state index >= 15 is 0 Å². The maximum Gasteiger partial charge on any atom is 0.279 e. The molecule has 0 atom stereocenters. The van der Waals surface area contributed by atoms with E-state index in [0.29, 0.717) is 16.5 Å². The monoisotopic (exact) mass is 323 g/mol. The summed E-state index contributed by atoms with van der Waals surface area (Å²) in [6.07, 6.45) is 2.05. The molecule has 2 aromatic carbocycles. The highest BCUT2D eigenvalue weighted by atomic mass is 35.5. The lowest BCUT2D eigenvalue weighted by molar-refractivity contribution is -0.384. The smallest absolute Gasteiger partial charge is 0.279 e. The lowest BCUT2D eigenvalue weighted by Gasteiger charge is -2.19. The number of nitro benzene ring substituents is 2. The molecule has 0 spiro atoms. The molecule has 2 aromatic rings. The van der Waals surface area contributed by atoms with E-state index in [2.05, 4.69) is 4.90 Å². The highest BCUT2D eigenvalue weighted by molar-refractivity contribution is 6.05. The molecule has 0 unspecified atom stereocenters. The predicted octanol–water partition coefficient (Wildman–Crippen LogP) is 3.68. The number of rotatable bonds is 3. The number of non-ortho nitro benzene ring substituents is 2. The van der Waals surface area contributed by atoms with Gasteiger partial charge in [0.15, 0.2) is 0 Å². The van der Waals surface area contributed by atoms with Gasteiger partial charge in [0.2, 0.25) is 0 Å². The van der Waals surface area contributed by atoms with Crippen LogP contribution in [0.15, 0.2) is 30.3 Å². The van der Waals surface area contributed by atoms with E-state index in [1.807, 2.05) is 0 Å². The number of hydrogen-bond acceptors (Lipinski definition) is 5. The maximum absolute atomic E-state index is 11.3. The van der Waals surface area contributed by atoms with Crippen LogP contribution < -0.4 is 4.90 Å². The van der Waals surface area contributed by atoms with Crippen LogP contribution >= 0.6 is 12.4 Å². The van der Waals surface area contributed by atoms with E-state index in [-0.39, 0.29) is 23.8 Å². The van der Waals surface area contributed by atoms with Gasteiger partial charge in [-0.15, -0.1) is 12.4 Å². The molecule has 1 heterocycles. The van der Waals surface area contributed by atoms with Crippen LogP contribution in [0.5, 0.6) is 0 Å². The van der Waals surface area contributed by atoms with Crippen LogP contribution in [0.4, 0.5) is 17.1 Å². The van der Waals surface area contributed by atoms with Crippen molar-refractivity contribution in [2.24, 2.45) is 0 Å². The summed E-state index contributed by atoms with van der Waals surface area (Å²) in [6.45, 7) is 1.64. The van der Waals surface area contributed by atoms with Crippen molar-refractivity contribution in [2.45, 2.75) is 12.8 Å². The van der Waals surface area contributed by atoms with Crippen molar-refractivity contribution in [3.8, 4) is 0 Å². The number of nitro groups is 2. The minimum absolute atomic E-state index is 0. The van der Waals surface area contributed by atoms with E-state index in [1.165, 1.54) is 18.2 Å². The van der Waals surface area contributed by atoms with Crippen LogP contribution in [0.1, 0.15) is 12.8 Å². The third kappa shape index (κ3) is 2.55. The maximum atomic E-state index is 11.3. The molecule has 0 saturated carbocycles. The van der Waals surface area contributed by atoms with E-state index in [1.54, 1.807) is 12.1 Å². The summed E-state index contributed by atoms with van der Waals surface area (Å²) in [7, 11) is 0. The van der Waals surface area contributed by atoms with E-state index in [4.69, 9.17) is 0 Å². The molecule has 3 rings (SSSR count). The molecule has 0 aromatic heterocycles. The number of benzene rings is 2. The molecule has 1 fully saturated rings. The summed E-state index contributed by atoms with van der Waals surface area (Å²) in [5.74, 6) is 0. The largest absolute Gasteiger partial charge is 0.371 e. The van der Waals surface area contributed by atoms with Crippen molar-refractivity contribution in [3.63, 3.8) is 0 Å². The molecule has 1 saturated heterocycles. The number of hydrogen-bond donors (Lipinski definition) is 0.